The number of esters is 1. The lowest BCUT2D eigenvalue weighted by atomic mass is 10.0. The molecule has 2 N–H and O–H groups in total. The highest BCUT2D eigenvalue weighted by Gasteiger charge is 2.30. The Kier molecular flexibility index (Phi) is 65.7. The number of nitrogens with zero attached hydrogens (tertiary/aromatic N) is 1. The minimum absolute atomic E-state index is 0.0462. The summed E-state index contributed by atoms with van der Waals surface area (Å²) in [7, 11) is 1.53. The average Bonchev–Trinajstić information content (AvgIpc) is 3.66. The molecule has 10 heteroatoms. The molecule has 3 atom stereocenters. The maximum Gasteiger partial charge on any atom is 0.472 e. The number of nitrogens with one attached hydrogen (secondary N) is 1. The summed E-state index contributed by atoms with van der Waals surface area (Å²) in [6, 6.07) is -0.841. The van der Waals surface area contributed by atoms with Crippen LogP contribution in [0.1, 0.15) is 412 Å². The van der Waals surface area contributed by atoms with E-state index in [1.165, 1.54) is 321 Å². The number of amides is 1. The van der Waals surface area contributed by atoms with E-state index in [2.05, 4.69) is 32.2 Å². The Morgan fingerprint density at radius 3 is 0.953 bits per heavy atom. The Labute approximate surface area is 537 Å². The zero-order valence-electron chi connectivity index (χ0n) is 58.9. The number of hydrogen-bond acceptors (Lipinski definition) is 6. The number of likely N-dealkylation sites (N-methyl/N-ethyl adjacent to an activating group) is 1. The highest BCUT2D eigenvalue weighted by Crippen LogP contribution is 2.43. The van der Waals surface area contributed by atoms with Crippen LogP contribution in [0.5, 0.6) is 0 Å². The van der Waals surface area contributed by atoms with E-state index in [0.717, 1.165) is 57.8 Å². The van der Waals surface area contributed by atoms with E-state index in [0.29, 0.717) is 23.9 Å². The number of hydrogen-bond donors (Lipinski definition) is 2. The fourth-order valence-electron chi connectivity index (χ4n) is 12.1. The summed E-state index contributed by atoms with van der Waals surface area (Å²) in [4.78, 5) is 38.0. The number of phosphoric acid groups is 1. The summed E-state index contributed by atoms with van der Waals surface area (Å²) in [5, 5.41) is 3.09. The molecule has 0 saturated heterocycles. The van der Waals surface area contributed by atoms with E-state index < -0.39 is 20.0 Å². The van der Waals surface area contributed by atoms with Crippen LogP contribution < -0.4 is 5.32 Å². The molecule has 0 heterocycles. The van der Waals surface area contributed by atoms with E-state index >= 15 is 0 Å². The van der Waals surface area contributed by atoms with Gasteiger partial charge in [-0.1, -0.05) is 380 Å². The molecule has 0 saturated carbocycles. The Morgan fingerprint density at radius 1 is 0.395 bits per heavy atom. The average molecular weight is 1240 g/mol. The van der Waals surface area contributed by atoms with E-state index in [1.54, 1.807) is 0 Å². The van der Waals surface area contributed by atoms with Gasteiger partial charge in [0.1, 0.15) is 19.3 Å². The molecule has 1 amide bonds. The molecule has 86 heavy (non-hydrogen) atoms. The minimum atomic E-state index is -4.45. The fourth-order valence-corrected chi connectivity index (χ4v) is 12.8. The molecule has 3 unspecified atom stereocenters. The van der Waals surface area contributed by atoms with Crippen molar-refractivity contribution in [2.24, 2.45) is 0 Å². The van der Waals surface area contributed by atoms with Crippen LogP contribution in [0.25, 0.3) is 0 Å². The van der Waals surface area contributed by atoms with Gasteiger partial charge in [-0.15, -0.1) is 0 Å². The molecular weight excluding hydrogens is 1080 g/mol. The first-order valence-electron chi connectivity index (χ1n) is 38.5. The van der Waals surface area contributed by atoms with E-state index in [1.807, 2.05) is 27.2 Å². The molecular formula is C76H152N2O7P+. The number of phosphoric ester groups is 1. The van der Waals surface area contributed by atoms with Crippen LogP contribution in [0.15, 0.2) is 12.2 Å². The van der Waals surface area contributed by atoms with Crippen LogP contribution in [0.3, 0.4) is 0 Å². The van der Waals surface area contributed by atoms with Crippen LogP contribution in [-0.4, -0.2) is 74.3 Å². The number of carbonyl (C=O) groups is 2. The van der Waals surface area contributed by atoms with Gasteiger partial charge in [0.25, 0.3) is 0 Å². The Hall–Kier alpha value is -1.25. The number of ether oxygens (including phenoxy) is 1. The van der Waals surface area contributed by atoms with Crippen molar-refractivity contribution >= 4 is 19.7 Å². The van der Waals surface area contributed by atoms with E-state index in [9.17, 15) is 19.0 Å². The number of quaternary nitrogens is 1. The summed E-state index contributed by atoms with van der Waals surface area (Å²) in [5.74, 6) is -0.474. The van der Waals surface area contributed by atoms with Crippen molar-refractivity contribution in [2.75, 3.05) is 40.9 Å². The molecule has 512 valence electrons. The quantitative estimate of drug-likeness (QED) is 0.0205. The van der Waals surface area contributed by atoms with Gasteiger partial charge in [0.15, 0.2) is 0 Å². The van der Waals surface area contributed by atoms with Gasteiger partial charge in [-0.3, -0.25) is 18.6 Å². The first kappa shape index (κ1) is 84.8. The number of rotatable bonds is 72. The first-order valence-corrected chi connectivity index (χ1v) is 40.0. The normalized spacial score (nSPS) is 13.4. The monoisotopic (exact) mass is 1240 g/mol. The number of carbonyl (C=O) groups excluding carboxylic acids is 2. The Morgan fingerprint density at radius 2 is 0.663 bits per heavy atom. The molecule has 0 aliphatic heterocycles. The summed E-state index contributed by atoms with van der Waals surface area (Å²) in [5.41, 5.74) is 0. The first-order chi connectivity index (χ1) is 41.9. The predicted molar refractivity (Wildman–Crippen MR) is 374 cm³/mol. The van der Waals surface area contributed by atoms with Gasteiger partial charge in [-0.25, -0.2) is 4.57 Å². The van der Waals surface area contributed by atoms with Gasteiger partial charge >= 0.3 is 13.8 Å². The van der Waals surface area contributed by atoms with Crippen LogP contribution in [0, 0.1) is 0 Å². The third-order valence-electron chi connectivity index (χ3n) is 18.0. The zero-order chi connectivity index (χ0) is 62.8. The van der Waals surface area contributed by atoms with Gasteiger partial charge in [0.05, 0.1) is 33.8 Å². The van der Waals surface area contributed by atoms with Crippen molar-refractivity contribution < 1.29 is 37.3 Å². The van der Waals surface area contributed by atoms with E-state index in [-0.39, 0.29) is 25.1 Å². The topological polar surface area (TPSA) is 111 Å². The van der Waals surface area contributed by atoms with Crippen molar-refractivity contribution in [3.05, 3.63) is 12.2 Å². The molecule has 0 aliphatic rings. The van der Waals surface area contributed by atoms with E-state index in [4.69, 9.17) is 13.8 Å². The molecule has 0 aromatic rings. The van der Waals surface area contributed by atoms with Gasteiger partial charge in [0.2, 0.25) is 5.91 Å². The van der Waals surface area contributed by atoms with Gasteiger partial charge in [-0.05, 0) is 31.8 Å². The summed E-state index contributed by atoms with van der Waals surface area (Å²) < 4.78 is 30.9. The van der Waals surface area contributed by atoms with Gasteiger partial charge < -0.3 is 19.4 Å². The van der Waals surface area contributed by atoms with Gasteiger partial charge in [-0.2, -0.15) is 0 Å². The summed E-state index contributed by atoms with van der Waals surface area (Å²) in [6.07, 6.45) is 81.0. The molecule has 9 nitrogen and oxygen atoms in total. The smallest absolute Gasteiger partial charge is 0.456 e. The predicted octanol–water partition coefficient (Wildman–Crippen LogP) is 24.6. The number of allylic oxidation sites excluding steroid dienone is 1. The molecule has 0 rings (SSSR count). The standard InChI is InChI=1S/C76H151N2O7P/c1-7-10-13-16-19-22-25-28-30-32-34-36-37-38-39-40-41-43-45-47-49-51-54-57-60-63-66-69-76(80)85-74(67-64-61-58-55-52-27-24-21-18-15-12-9-3)73(72-84-86(81,82)83-71-70-78(4,5)6)77-75(79)68-65-62-59-56-53-50-48-46-44-42-35-33-31-29-26-23-20-17-14-11-8-2/h64,67,73-74H,7-63,65-66,68-72H2,1-6H3,(H-,77,79,81,82)/p+1/b67-64-. The maximum absolute atomic E-state index is 13.6. The molecule has 0 spiro atoms. The number of unbranched alkanes of at least 4 members (excludes halogenated alkanes) is 56. The second-order valence-corrected chi connectivity index (χ2v) is 29.4. The van der Waals surface area contributed by atoms with Crippen LogP contribution >= 0.6 is 7.82 Å². The highest BCUT2D eigenvalue weighted by molar-refractivity contribution is 7.47. The van der Waals surface area contributed by atoms with Crippen molar-refractivity contribution in [1.82, 2.24) is 5.32 Å². The van der Waals surface area contributed by atoms with Crippen LogP contribution in [0.2, 0.25) is 0 Å². The highest BCUT2D eigenvalue weighted by atomic mass is 31.2. The van der Waals surface area contributed by atoms with Crippen molar-refractivity contribution in [1.29, 1.82) is 0 Å². The lowest BCUT2D eigenvalue weighted by Crippen LogP contribution is -2.47. The van der Waals surface area contributed by atoms with Crippen molar-refractivity contribution in [2.45, 2.75) is 425 Å². The van der Waals surface area contributed by atoms with Gasteiger partial charge in [0, 0.05) is 12.8 Å². The zero-order valence-corrected chi connectivity index (χ0v) is 59.7. The lowest BCUT2D eigenvalue weighted by Gasteiger charge is -2.27. The third-order valence-corrected chi connectivity index (χ3v) is 19.0. The van der Waals surface area contributed by atoms with Crippen LogP contribution in [-0.2, 0) is 27.9 Å². The second kappa shape index (κ2) is 66.7. The summed E-state index contributed by atoms with van der Waals surface area (Å²) in [6.45, 7) is 7.11. The minimum Gasteiger partial charge on any atom is -0.456 e. The SMILES string of the molecule is CCCCCCCCCCCC/C=C\C(OC(=O)CCCCCCCCCCCCCCCCCCCCCCCCCCCCC)C(COP(=O)(O)OCC[N+](C)(C)C)NC(=O)CCCCCCCCCCCCCCCCCCCCCCC. The molecule has 0 aromatic heterocycles. The van der Waals surface area contributed by atoms with Crippen molar-refractivity contribution in [3.8, 4) is 0 Å². The molecule has 0 radical (unpaired) electrons. The molecule has 0 aliphatic carbocycles. The molecule has 0 aromatic carbocycles. The van der Waals surface area contributed by atoms with Crippen LogP contribution in [0.4, 0.5) is 0 Å². The molecule has 0 fully saturated rings. The Bertz CT molecular complexity index is 1470. The summed E-state index contributed by atoms with van der Waals surface area (Å²) >= 11 is 0. The van der Waals surface area contributed by atoms with Crippen molar-refractivity contribution in [3.63, 3.8) is 0 Å². The largest absolute Gasteiger partial charge is 0.472 e. The fraction of sp³-hybridized carbons (Fsp3) is 0.947. The molecule has 0 bridgehead atoms. The second-order valence-electron chi connectivity index (χ2n) is 27.9. The maximum atomic E-state index is 13.6. The Balaban J connectivity index is 4.90. The third kappa shape index (κ3) is 67.2. The lowest BCUT2D eigenvalue weighted by molar-refractivity contribution is -0.870.